The van der Waals surface area contributed by atoms with Crippen LogP contribution in [0.4, 0.5) is 0 Å². The molecule has 4 amide bonds. The number of carbonyl (C=O) groups is 5. The topological polar surface area (TPSA) is 287 Å². The zero-order chi connectivity index (χ0) is 25.7. The predicted octanol–water partition coefficient (Wildman–Crippen LogP) is -4.62. The van der Waals surface area contributed by atoms with Gasteiger partial charge >= 0.3 is 5.97 Å². The van der Waals surface area contributed by atoms with Crippen molar-refractivity contribution < 1.29 is 29.1 Å². The first kappa shape index (κ1) is 27.8. The SMILES string of the molecule is NCC(=O)NC(CCCN=C(N)N)C(=O)NC(CC(N)=O)C(=O)NC(Cc1cnc[nH]1)C(=O)O. The van der Waals surface area contributed by atoms with Crippen molar-refractivity contribution in [1.29, 1.82) is 0 Å². The van der Waals surface area contributed by atoms with Crippen LogP contribution < -0.4 is 38.9 Å². The molecular formula is C18H30N10O6. The Kier molecular flexibility index (Phi) is 11.5. The minimum Gasteiger partial charge on any atom is -0.480 e. The van der Waals surface area contributed by atoms with E-state index in [1.807, 2.05) is 0 Å². The lowest BCUT2D eigenvalue weighted by Crippen LogP contribution is -2.57. The summed E-state index contributed by atoms with van der Waals surface area (Å²) in [5.74, 6) is -4.82. The predicted molar refractivity (Wildman–Crippen MR) is 118 cm³/mol. The minimum atomic E-state index is -1.50. The minimum absolute atomic E-state index is 0.0802. The fraction of sp³-hybridized carbons (Fsp3) is 0.500. The molecule has 0 fully saturated rings. The van der Waals surface area contributed by atoms with E-state index in [1.54, 1.807) is 0 Å². The Labute approximate surface area is 194 Å². The Bertz CT molecular complexity index is 884. The second-order valence-electron chi connectivity index (χ2n) is 7.19. The molecule has 16 nitrogen and oxygen atoms in total. The summed E-state index contributed by atoms with van der Waals surface area (Å²) in [6.45, 7) is -0.222. The number of aliphatic carboxylic acids is 1. The number of rotatable bonds is 15. The summed E-state index contributed by atoms with van der Waals surface area (Å²) >= 11 is 0. The molecule has 1 heterocycles. The van der Waals surface area contributed by atoms with Crippen LogP contribution in [-0.4, -0.2) is 81.8 Å². The summed E-state index contributed by atoms with van der Waals surface area (Å²) in [7, 11) is 0. The molecule has 3 atom stereocenters. The van der Waals surface area contributed by atoms with Gasteiger partial charge < -0.3 is 49.0 Å². The van der Waals surface area contributed by atoms with Crippen molar-refractivity contribution in [2.75, 3.05) is 13.1 Å². The van der Waals surface area contributed by atoms with Crippen LogP contribution in [0.2, 0.25) is 0 Å². The molecule has 0 aliphatic carbocycles. The highest BCUT2D eigenvalue weighted by Gasteiger charge is 2.30. The van der Waals surface area contributed by atoms with Crippen LogP contribution in [-0.2, 0) is 30.4 Å². The third kappa shape index (κ3) is 10.4. The number of guanidine groups is 1. The van der Waals surface area contributed by atoms with Gasteiger partial charge in [0, 0.05) is 24.9 Å². The molecule has 0 aliphatic rings. The Morgan fingerprint density at radius 1 is 1.03 bits per heavy atom. The number of amides is 4. The molecule has 0 radical (unpaired) electrons. The van der Waals surface area contributed by atoms with Crippen molar-refractivity contribution in [1.82, 2.24) is 25.9 Å². The van der Waals surface area contributed by atoms with E-state index in [0.29, 0.717) is 12.1 Å². The van der Waals surface area contributed by atoms with E-state index in [4.69, 9.17) is 22.9 Å². The van der Waals surface area contributed by atoms with Crippen molar-refractivity contribution in [2.24, 2.45) is 27.9 Å². The summed E-state index contributed by atoms with van der Waals surface area (Å²) in [6, 6.07) is -4.01. The molecule has 0 bridgehead atoms. The summed E-state index contributed by atoms with van der Waals surface area (Å²) in [5, 5.41) is 16.4. The molecule has 0 aromatic carbocycles. The fourth-order valence-corrected chi connectivity index (χ4v) is 2.80. The Hall–Kier alpha value is -4.21. The van der Waals surface area contributed by atoms with Crippen LogP contribution in [0, 0.1) is 0 Å². The zero-order valence-corrected chi connectivity index (χ0v) is 18.3. The highest BCUT2D eigenvalue weighted by molar-refractivity contribution is 5.95. The van der Waals surface area contributed by atoms with Gasteiger partial charge in [-0.1, -0.05) is 0 Å². The summed E-state index contributed by atoms with van der Waals surface area (Å²) < 4.78 is 0. The zero-order valence-electron chi connectivity index (χ0n) is 18.3. The highest BCUT2D eigenvalue weighted by Crippen LogP contribution is 2.04. The molecule has 3 unspecified atom stereocenters. The number of aliphatic imine (C=N–C) groups is 1. The van der Waals surface area contributed by atoms with Gasteiger partial charge in [0.25, 0.3) is 0 Å². The van der Waals surface area contributed by atoms with E-state index in [9.17, 15) is 29.1 Å². The van der Waals surface area contributed by atoms with Gasteiger partial charge in [-0.15, -0.1) is 0 Å². The van der Waals surface area contributed by atoms with Crippen molar-refractivity contribution in [3.63, 3.8) is 0 Å². The van der Waals surface area contributed by atoms with Gasteiger partial charge in [0.05, 0.1) is 19.3 Å². The first-order chi connectivity index (χ1) is 16.0. The van der Waals surface area contributed by atoms with E-state index in [1.165, 1.54) is 12.5 Å². The number of hydrogen-bond donors (Lipinski definition) is 9. The van der Waals surface area contributed by atoms with Crippen LogP contribution in [0.25, 0.3) is 0 Å². The summed E-state index contributed by atoms with van der Waals surface area (Å²) in [5.41, 5.74) is 21.4. The molecule has 1 aromatic heterocycles. The summed E-state index contributed by atoms with van der Waals surface area (Å²) in [4.78, 5) is 70.5. The third-order valence-electron chi connectivity index (χ3n) is 4.41. The Morgan fingerprint density at radius 3 is 2.21 bits per heavy atom. The van der Waals surface area contributed by atoms with Crippen LogP contribution in [0.15, 0.2) is 17.5 Å². The van der Waals surface area contributed by atoms with Gasteiger partial charge in [0.1, 0.15) is 18.1 Å². The average molecular weight is 483 g/mol. The molecular weight excluding hydrogens is 452 g/mol. The molecule has 0 aliphatic heterocycles. The van der Waals surface area contributed by atoms with Gasteiger partial charge in [-0.2, -0.15) is 0 Å². The van der Waals surface area contributed by atoms with Gasteiger partial charge in [-0.05, 0) is 12.8 Å². The lowest BCUT2D eigenvalue weighted by atomic mass is 10.1. The molecule has 16 heteroatoms. The van der Waals surface area contributed by atoms with E-state index in [-0.39, 0.29) is 25.3 Å². The first-order valence-electron chi connectivity index (χ1n) is 10.2. The third-order valence-corrected chi connectivity index (χ3v) is 4.41. The molecule has 188 valence electrons. The number of imidazole rings is 1. The number of aromatic amines is 1. The van der Waals surface area contributed by atoms with E-state index in [2.05, 4.69) is 30.9 Å². The number of nitrogens with two attached hydrogens (primary N) is 4. The average Bonchev–Trinajstić information content (AvgIpc) is 3.27. The van der Waals surface area contributed by atoms with Crippen LogP contribution in [0.3, 0.4) is 0 Å². The number of nitrogens with zero attached hydrogens (tertiary/aromatic N) is 2. The number of aromatic nitrogens is 2. The van der Waals surface area contributed by atoms with Crippen molar-refractivity contribution in [3.8, 4) is 0 Å². The molecule has 0 saturated heterocycles. The van der Waals surface area contributed by atoms with Crippen LogP contribution in [0.5, 0.6) is 0 Å². The number of hydrogen-bond acceptors (Lipinski definition) is 8. The number of carboxylic acids is 1. The molecule has 34 heavy (non-hydrogen) atoms. The standard InChI is InChI=1S/C18H30N10O6/c19-6-14(30)26-10(2-1-3-24-18(21)22)15(31)27-11(5-13(20)29)16(32)28-12(17(33)34)4-9-7-23-8-25-9/h7-8,10-12H,1-6,19H2,(H2,20,29)(H,23,25)(H,26,30)(H,27,31)(H,28,32)(H,33,34)(H4,21,22,24). The molecule has 1 rings (SSSR count). The number of carbonyl (C=O) groups excluding carboxylic acids is 4. The molecule has 1 aromatic rings. The number of H-pyrrole nitrogens is 1. The normalized spacial score (nSPS) is 13.1. The van der Waals surface area contributed by atoms with Crippen molar-refractivity contribution in [3.05, 3.63) is 18.2 Å². The maximum Gasteiger partial charge on any atom is 0.326 e. The molecule has 13 N–H and O–H groups in total. The number of carboxylic acid groups (broad SMARTS) is 1. The summed E-state index contributed by atoms with van der Waals surface area (Å²) in [6.07, 6.45) is 2.36. The van der Waals surface area contributed by atoms with Crippen molar-refractivity contribution >= 4 is 35.6 Å². The van der Waals surface area contributed by atoms with Gasteiger partial charge in [-0.3, -0.25) is 24.2 Å². The second-order valence-corrected chi connectivity index (χ2v) is 7.19. The van der Waals surface area contributed by atoms with Crippen molar-refractivity contribution in [2.45, 2.75) is 43.8 Å². The monoisotopic (exact) mass is 482 g/mol. The quantitative estimate of drug-likeness (QED) is 0.0654. The largest absolute Gasteiger partial charge is 0.480 e. The lowest BCUT2D eigenvalue weighted by Gasteiger charge is -2.23. The van der Waals surface area contributed by atoms with E-state index in [0.717, 1.165) is 0 Å². The van der Waals surface area contributed by atoms with Crippen LogP contribution >= 0.6 is 0 Å². The van der Waals surface area contributed by atoms with Gasteiger partial charge in [-0.25, -0.2) is 9.78 Å². The maximum absolute atomic E-state index is 12.8. The fourth-order valence-electron chi connectivity index (χ4n) is 2.80. The number of primary amides is 1. The smallest absolute Gasteiger partial charge is 0.326 e. The lowest BCUT2D eigenvalue weighted by molar-refractivity contribution is -0.142. The molecule has 0 spiro atoms. The Balaban J connectivity index is 2.93. The van der Waals surface area contributed by atoms with Gasteiger partial charge in [0.2, 0.25) is 23.6 Å². The van der Waals surface area contributed by atoms with E-state index < -0.39 is 60.7 Å². The molecule has 0 saturated carbocycles. The van der Waals surface area contributed by atoms with E-state index >= 15 is 0 Å². The second kappa shape index (κ2) is 14.0. The van der Waals surface area contributed by atoms with Crippen LogP contribution in [0.1, 0.15) is 25.0 Å². The first-order valence-corrected chi connectivity index (χ1v) is 10.2. The highest BCUT2D eigenvalue weighted by atomic mass is 16.4. The Morgan fingerprint density at radius 2 is 1.68 bits per heavy atom. The van der Waals surface area contributed by atoms with Gasteiger partial charge in [0.15, 0.2) is 5.96 Å². The maximum atomic E-state index is 12.8. The number of nitrogens with one attached hydrogen (secondary N) is 4.